The van der Waals surface area contributed by atoms with Crippen LogP contribution in [0.4, 0.5) is 5.82 Å². The third-order valence-corrected chi connectivity index (χ3v) is 3.90. The van der Waals surface area contributed by atoms with Gasteiger partial charge < -0.3 is 9.64 Å². The molecule has 0 bridgehead atoms. The molecule has 21 heavy (non-hydrogen) atoms. The number of rotatable bonds is 2. The van der Waals surface area contributed by atoms with Crippen LogP contribution in [0.3, 0.4) is 0 Å². The molecule has 0 atom stereocenters. The van der Waals surface area contributed by atoms with E-state index >= 15 is 0 Å². The van der Waals surface area contributed by atoms with Crippen LogP contribution in [0.25, 0.3) is 0 Å². The van der Waals surface area contributed by atoms with E-state index in [4.69, 9.17) is 4.74 Å². The Labute approximate surface area is 124 Å². The minimum Gasteiger partial charge on any atom is -0.465 e. The average molecular weight is 282 g/mol. The maximum absolute atomic E-state index is 11.5. The number of carbonyl (C=O) groups excluding carboxylic acids is 1. The normalized spacial score (nSPS) is 13.7. The van der Waals surface area contributed by atoms with E-state index in [0.717, 1.165) is 30.9 Å². The summed E-state index contributed by atoms with van der Waals surface area (Å²) < 4.78 is 4.73. The lowest BCUT2D eigenvalue weighted by Crippen LogP contribution is -2.31. The number of carbonyl (C=O) groups is 1. The molecule has 2 heterocycles. The predicted octanol–water partition coefficient (Wildman–Crippen LogP) is 2.74. The van der Waals surface area contributed by atoms with E-state index in [0.29, 0.717) is 5.56 Å². The van der Waals surface area contributed by atoms with Crippen molar-refractivity contribution < 1.29 is 9.53 Å². The molecule has 0 fully saturated rings. The van der Waals surface area contributed by atoms with Gasteiger partial charge in [-0.2, -0.15) is 0 Å². The van der Waals surface area contributed by atoms with E-state index in [1.165, 1.54) is 18.2 Å². The highest BCUT2D eigenvalue weighted by molar-refractivity contribution is 5.89. The minimum absolute atomic E-state index is 0.346. The molecule has 1 aliphatic heterocycles. The number of methoxy groups -OCH3 is 1. The zero-order chi connectivity index (χ0) is 14.8. The Morgan fingerprint density at radius 3 is 2.76 bits per heavy atom. The molecule has 0 radical (unpaired) electrons. The van der Waals surface area contributed by atoms with E-state index in [1.807, 2.05) is 13.0 Å². The molecule has 108 valence electrons. The fourth-order valence-corrected chi connectivity index (χ4v) is 2.80. The van der Waals surface area contributed by atoms with Crippen LogP contribution in [0, 0.1) is 6.92 Å². The summed E-state index contributed by atoms with van der Waals surface area (Å²) in [4.78, 5) is 18.3. The molecular formula is C17H18N2O2. The number of benzene rings is 1. The van der Waals surface area contributed by atoms with Crippen LogP contribution in [0.15, 0.2) is 36.5 Å². The number of hydrogen-bond donors (Lipinski definition) is 0. The second-order valence-corrected chi connectivity index (χ2v) is 5.30. The summed E-state index contributed by atoms with van der Waals surface area (Å²) in [7, 11) is 1.38. The molecule has 0 N–H and O–H groups in total. The summed E-state index contributed by atoms with van der Waals surface area (Å²) in [5.74, 6) is 0.596. The second kappa shape index (κ2) is 5.56. The molecule has 0 amide bonds. The van der Waals surface area contributed by atoms with Gasteiger partial charge in [-0.3, -0.25) is 0 Å². The molecule has 0 saturated heterocycles. The van der Waals surface area contributed by atoms with Gasteiger partial charge in [0, 0.05) is 19.3 Å². The number of pyridine rings is 1. The lowest BCUT2D eigenvalue weighted by molar-refractivity contribution is 0.0600. The maximum atomic E-state index is 11.5. The summed E-state index contributed by atoms with van der Waals surface area (Å²) in [6.45, 7) is 3.79. The number of ether oxygens (including phenoxy) is 1. The molecule has 0 aliphatic carbocycles. The van der Waals surface area contributed by atoms with Crippen LogP contribution in [0.5, 0.6) is 0 Å². The van der Waals surface area contributed by atoms with Gasteiger partial charge in [0.1, 0.15) is 5.82 Å². The Bertz CT molecular complexity index is 682. The van der Waals surface area contributed by atoms with E-state index < -0.39 is 0 Å². The van der Waals surface area contributed by atoms with Crippen molar-refractivity contribution in [2.45, 2.75) is 19.9 Å². The topological polar surface area (TPSA) is 42.4 Å². The molecule has 1 aliphatic rings. The largest absolute Gasteiger partial charge is 0.465 e. The van der Waals surface area contributed by atoms with Crippen molar-refractivity contribution in [3.8, 4) is 0 Å². The van der Waals surface area contributed by atoms with Gasteiger partial charge in [0.15, 0.2) is 0 Å². The molecule has 0 spiro atoms. The van der Waals surface area contributed by atoms with E-state index in [2.05, 4.69) is 34.1 Å². The summed E-state index contributed by atoms with van der Waals surface area (Å²) in [6, 6.07) is 10.4. The van der Waals surface area contributed by atoms with Crippen LogP contribution in [-0.4, -0.2) is 24.6 Å². The zero-order valence-electron chi connectivity index (χ0n) is 12.3. The number of anilines is 1. The Hall–Kier alpha value is -2.36. The van der Waals surface area contributed by atoms with Gasteiger partial charge in [0.2, 0.25) is 0 Å². The highest BCUT2D eigenvalue weighted by atomic mass is 16.5. The van der Waals surface area contributed by atoms with E-state index in [1.54, 1.807) is 6.20 Å². The second-order valence-electron chi connectivity index (χ2n) is 5.30. The smallest absolute Gasteiger partial charge is 0.339 e. The van der Waals surface area contributed by atoms with E-state index in [-0.39, 0.29) is 5.97 Å². The van der Waals surface area contributed by atoms with Crippen molar-refractivity contribution in [3.05, 3.63) is 58.8 Å². The highest BCUT2D eigenvalue weighted by Crippen LogP contribution is 2.25. The predicted molar refractivity (Wildman–Crippen MR) is 81.5 cm³/mol. The standard InChI is InChI=1S/C17H18N2O2/c1-12-9-15(17(20)21-2)10-18-16(12)19-8-7-13-5-3-4-6-14(13)11-19/h3-6,9-10H,7-8,11H2,1-2H3. The molecule has 3 rings (SSSR count). The maximum Gasteiger partial charge on any atom is 0.339 e. The Balaban J connectivity index is 1.87. The van der Waals surface area contributed by atoms with Crippen LogP contribution < -0.4 is 4.90 Å². The fraction of sp³-hybridized carbons (Fsp3) is 0.294. The Morgan fingerprint density at radius 1 is 1.29 bits per heavy atom. The van der Waals surface area contributed by atoms with Crippen molar-refractivity contribution in [1.29, 1.82) is 0 Å². The van der Waals surface area contributed by atoms with Gasteiger partial charge in [-0.15, -0.1) is 0 Å². The van der Waals surface area contributed by atoms with Crippen LogP contribution in [0.2, 0.25) is 0 Å². The summed E-state index contributed by atoms with van der Waals surface area (Å²) in [5, 5.41) is 0. The first-order chi connectivity index (χ1) is 10.2. The number of esters is 1. The molecule has 4 heteroatoms. The summed E-state index contributed by atoms with van der Waals surface area (Å²) >= 11 is 0. The minimum atomic E-state index is -0.346. The quantitative estimate of drug-likeness (QED) is 0.794. The number of nitrogens with zero attached hydrogens (tertiary/aromatic N) is 2. The van der Waals surface area contributed by atoms with Gasteiger partial charge in [0.05, 0.1) is 12.7 Å². The lowest BCUT2D eigenvalue weighted by atomic mass is 9.99. The highest BCUT2D eigenvalue weighted by Gasteiger charge is 2.19. The number of aromatic nitrogens is 1. The van der Waals surface area contributed by atoms with Crippen molar-refractivity contribution in [1.82, 2.24) is 4.98 Å². The van der Waals surface area contributed by atoms with Crippen LogP contribution >= 0.6 is 0 Å². The number of hydrogen-bond acceptors (Lipinski definition) is 4. The van der Waals surface area contributed by atoms with Gasteiger partial charge in [0.25, 0.3) is 0 Å². The molecule has 2 aromatic rings. The first kappa shape index (κ1) is 13.6. The van der Waals surface area contributed by atoms with Gasteiger partial charge in [-0.25, -0.2) is 9.78 Å². The van der Waals surface area contributed by atoms with Gasteiger partial charge in [-0.1, -0.05) is 24.3 Å². The third-order valence-electron chi connectivity index (χ3n) is 3.90. The number of aryl methyl sites for hydroxylation is 1. The van der Waals surface area contributed by atoms with Crippen molar-refractivity contribution in [2.24, 2.45) is 0 Å². The monoisotopic (exact) mass is 282 g/mol. The first-order valence-electron chi connectivity index (χ1n) is 7.05. The molecule has 0 saturated carbocycles. The number of fused-ring (bicyclic) bond motifs is 1. The Morgan fingerprint density at radius 2 is 2.05 bits per heavy atom. The fourth-order valence-electron chi connectivity index (χ4n) is 2.80. The third kappa shape index (κ3) is 2.61. The Kier molecular flexibility index (Phi) is 3.60. The molecule has 1 aromatic heterocycles. The SMILES string of the molecule is COC(=O)c1cnc(N2CCc3ccccc3C2)c(C)c1. The molecular weight excluding hydrogens is 264 g/mol. The van der Waals surface area contributed by atoms with Crippen LogP contribution in [-0.2, 0) is 17.7 Å². The molecule has 1 aromatic carbocycles. The van der Waals surface area contributed by atoms with Crippen molar-refractivity contribution >= 4 is 11.8 Å². The molecule has 0 unspecified atom stereocenters. The van der Waals surface area contributed by atoms with Gasteiger partial charge >= 0.3 is 5.97 Å². The summed E-state index contributed by atoms with van der Waals surface area (Å²) in [5.41, 5.74) is 4.26. The van der Waals surface area contributed by atoms with Crippen molar-refractivity contribution in [2.75, 3.05) is 18.6 Å². The lowest BCUT2D eigenvalue weighted by Gasteiger charge is -2.30. The van der Waals surface area contributed by atoms with Crippen molar-refractivity contribution in [3.63, 3.8) is 0 Å². The van der Waals surface area contributed by atoms with Crippen LogP contribution in [0.1, 0.15) is 27.0 Å². The summed E-state index contributed by atoms with van der Waals surface area (Å²) in [6.07, 6.45) is 2.62. The zero-order valence-corrected chi connectivity index (χ0v) is 12.3. The average Bonchev–Trinajstić information content (AvgIpc) is 2.53. The van der Waals surface area contributed by atoms with Gasteiger partial charge in [-0.05, 0) is 36.1 Å². The van der Waals surface area contributed by atoms with E-state index in [9.17, 15) is 4.79 Å². The molecule has 4 nitrogen and oxygen atoms in total. The first-order valence-corrected chi connectivity index (χ1v) is 7.05.